The summed E-state index contributed by atoms with van der Waals surface area (Å²) >= 11 is 0. The number of ether oxygens (including phenoxy) is 1. The van der Waals surface area contributed by atoms with Crippen LogP contribution >= 0.6 is 0 Å². The van der Waals surface area contributed by atoms with Crippen molar-refractivity contribution in [2.75, 3.05) is 0 Å². The van der Waals surface area contributed by atoms with Gasteiger partial charge in [0.15, 0.2) is 5.69 Å². The van der Waals surface area contributed by atoms with Crippen molar-refractivity contribution in [1.29, 1.82) is 0 Å². The highest BCUT2D eigenvalue weighted by Gasteiger charge is 2.34. The number of alkyl halides is 3. The van der Waals surface area contributed by atoms with E-state index in [9.17, 15) is 13.2 Å². The largest absolute Gasteiger partial charge is 0.489 e. The van der Waals surface area contributed by atoms with Crippen LogP contribution in [0.3, 0.4) is 0 Å². The number of nitrogens with zero attached hydrogens (tertiary/aromatic N) is 2. The summed E-state index contributed by atoms with van der Waals surface area (Å²) in [7, 11) is 1.54. The summed E-state index contributed by atoms with van der Waals surface area (Å²) in [5.74, 6) is 0.907. The van der Waals surface area contributed by atoms with Gasteiger partial charge in [0.05, 0.1) is 0 Å². The summed E-state index contributed by atoms with van der Waals surface area (Å²) in [5.41, 5.74) is 0.741. The fourth-order valence-electron chi connectivity index (χ4n) is 2.31. The minimum atomic E-state index is -4.45. The quantitative estimate of drug-likeness (QED) is 0.693. The lowest BCUT2D eigenvalue weighted by Gasteiger charge is -2.07. The van der Waals surface area contributed by atoms with Gasteiger partial charge < -0.3 is 9.30 Å². The van der Waals surface area contributed by atoms with Crippen molar-refractivity contribution >= 4 is 0 Å². The predicted molar refractivity (Wildman–Crippen MR) is 84.4 cm³/mol. The van der Waals surface area contributed by atoms with Gasteiger partial charge >= 0.3 is 6.18 Å². The molecule has 0 aliphatic rings. The minimum Gasteiger partial charge on any atom is -0.489 e. The Hall–Kier alpha value is -2.76. The third kappa shape index (κ3) is 3.59. The molecule has 3 rings (SSSR count). The van der Waals surface area contributed by atoms with E-state index in [1.54, 1.807) is 24.3 Å². The molecule has 0 saturated carbocycles. The molecule has 3 nitrogen and oxygen atoms in total. The van der Waals surface area contributed by atoms with Crippen LogP contribution in [-0.2, 0) is 19.8 Å². The number of imidazole rings is 1. The van der Waals surface area contributed by atoms with Crippen molar-refractivity contribution in [3.63, 3.8) is 0 Å². The van der Waals surface area contributed by atoms with Crippen molar-refractivity contribution in [1.82, 2.24) is 9.55 Å². The van der Waals surface area contributed by atoms with E-state index in [4.69, 9.17) is 4.74 Å². The molecule has 0 spiro atoms. The van der Waals surface area contributed by atoms with Crippen LogP contribution in [-0.4, -0.2) is 9.55 Å². The van der Waals surface area contributed by atoms with Crippen LogP contribution in [0.5, 0.6) is 5.75 Å². The molecule has 3 aromatic rings. The second-order valence-electron chi connectivity index (χ2n) is 5.36. The summed E-state index contributed by atoms with van der Waals surface area (Å²) in [5, 5.41) is 0. The van der Waals surface area contributed by atoms with Crippen molar-refractivity contribution in [3.8, 4) is 17.1 Å². The number of hydrogen-bond acceptors (Lipinski definition) is 2. The second-order valence-corrected chi connectivity index (χ2v) is 5.36. The molecule has 6 heteroatoms. The average Bonchev–Trinajstić information content (AvgIpc) is 2.97. The Morgan fingerprint density at radius 2 is 1.67 bits per heavy atom. The Bertz CT molecular complexity index is 809. The van der Waals surface area contributed by atoms with Crippen molar-refractivity contribution < 1.29 is 17.9 Å². The van der Waals surface area contributed by atoms with Gasteiger partial charge in [-0.25, -0.2) is 4.98 Å². The van der Waals surface area contributed by atoms with Crippen LogP contribution < -0.4 is 4.74 Å². The molecule has 0 saturated heterocycles. The molecule has 0 radical (unpaired) electrons. The van der Waals surface area contributed by atoms with E-state index < -0.39 is 11.9 Å². The monoisotopic (exact) mass is 332 g/mol. The van der Waals surface area contributed by atoms with E-state index in [-0.39, 0.29) is 5.82 Å². The summed E-state index contributed by atoms with van der Waals surface area (Å²) in [6.07, 6.45) is -3.47. The van der Waals surface area contributed by atoms with Gasteiger partial charge in [-0.1, -0.05) is 30.3 Å². The van der Waals surface area contributed by atoms with Gasteiger partial charge in [0.2, 0.25) is 0 Å². The van der Waals surface area contributed by atoms with Crippen molar-refractivity contribution in [2.45, 2.75) is 12.8 Å². The molecular weight excluding hydrogens is 317 g/mol. The highest BCUT2D eigenvalue weighted by atomic mass is 19.4. The fraction of sp³-hybridized carbons (Fsp3) is 0.167. The number of halogens is 3. The first-order valence-electron chi connectivity index (χ1n) is 7.31. The van der Waals surface area contributed by atoms with Crippen LogP contribution in [0, 0.1) is 0 Å². The zero-order valence-corrected chi connectivity index (χ0v) is 12.9. The fourth-order valence-corrected chi connectivity index (χ4v) is 2.31. The SMILES string of the molecule is Cn1cc(C(F)(F)F)nc1-c1ccc(OCc2ccccc2)cc1. The summed E-state index contributed by atoms with van der Waals surface area (Å²) in [6, 6.07) is 16.6. The Labute approximate surface area is 137 Å². The number of aryl methyl sites for hydroxylation is 1. The average molecular weight is 332 g/mol. The van der Waals surface area contributed by atoms with E-state index in [1.165, 1.54) is 11.6 Å². The smallest absolute Gasteiger partial charge is 0.434 e. The maximum atomic E-state index is 12.7. The highest BCUT2D eigenvalue weighted by molar-refractivity contribution is 5.57. The molecule has 0 aliphatic heterocycles. The van der Waals surface area contributed by atoms with Gasteiger partial charge in [-0.3, -0.25) is 0 Å². The van der Waals surface area contributed by atoms with Crippen molar-refractivity contribution in [2.24, 2.45) is 7.05 Å². The molecule has 0 aliphatic carbocycles. The standard InChI is InChI=1S/C18H15F3N2O/c1-23-11-16(18(19,20)21)22-17(23)14-7-9-15(10-8-14)24-12-13-5-3-2-4-6-13/h2-11H,12H2,1H3. The first-order valence-corrected chi connectivity index (χ1v) is 7.31. The number of rotatable bonds is 4. The molecule has 0 fully saturated rings. The molecule has 2 aromatic carbocycles. The third-order valence-corrected chi connectivity index (χ3v) is 3.53. The molecule has 0 bridgehead atoms. The van der Waals surface area contributed by atoms with Crippen LogP contribution in [0.2, 0.25) is 0 Å². The zero-order valence-electron chi connectivity index (χ0n) is 12.9. The maximum Gasteiger partial charge on any atom is 0.434 e. The number of aromatic nitrogens is 2. The summed E-state index contributed by atoms with van der Waals surface area (Å²) < 4.78 is 45.2. The Kier molecular flexibility index (Phi) is 4.29. The number of hydrogen-bond donors (Lipinski definition) is 0. The zero-order chi connectivity index (χ0) is 17.2. The lowest BCUT2D eigenvalue weighted by atomic mass is 10.2. The summed E-state index contributed by atoms with van der Waals surface area (Å²) in [4.78, 5) is 3.67. The molecule has 124 valence electrons. The van der Waals surface area contributed by atoms with Crippen LogP contribution in [0.4, 0.5) is 13.2 Å². The Balaban J connectivity index is 1.74. The van der Waals surface area contributed by atoms with Gasteiger partial charge in [-0.05, 0) is 29.8 Å². The normalized spacial score (nSPS) is 11.5. The van der Waals surface area contributed by atoms with Gasteiger partial charge in [0.1, 0.15) is 18.2 Å². The van der Waals surface area contributed by atoms with Crippen LogP contribution in [0.15, 0.2) is 60.8 Å². The van der Waals surface area contributed by atoms with Gasteiger partial charge in [0.25, 0.3) is 0 Å². The van der Waals surface area contributed by atoms with E-state index in [0.717, 1.165) is 11.8 Å². The molecule has 24 heavy (non-hydrogen) atoms. The second kappa shape index (κ2) is 6.39. The lowest BCUT2D eigenvalue weighted by Crippen LogP contribution is -2.04. The molecular formula is C18H15F3N2O. The molecule has 0 amide bonds. The lowest BCUT2D eigenvalue weighted by molar-refractivity contribution is -0.140. The molecule has 1 heterocycles. The minimum absolute atomic E-state index is 0.261. The first-order chi connectivity index (χ1) is 11.4. The molecule has 1 aromatic heterocycles. The Morgan fingerprint density at radius 1 is 1.00 bits per heavy atom. The predicted octanol–water partition coefficient (Wildman–Crippen LogP) is 4.68. The molecule has 0 N–H and O–H groups in total. The van der Waals surface area contributed by atoms with Gasteiger partial charge in [0, 0.05) is 18.8 Å². The third-order valence-electron chi connectivity index (χ3n) is 3.53. The highest BCUT2D eigenvalue weighted by Crippen LogP contribution is 2.31. The van der Waals surface area contributed by atoms with Gasteiger partial charge in [-0.2, -0.15) is 13.2 Å². The Morgan fingerprint density at radius 3 is 2.25 bits per heavy atom. The van der Waals surface area contributed by atoms with Crippen LogP contribution in [0.25, 0.3) is 11.4 Å². The molecule has 0 unspecified atom stereocenters. The van der Waals surface area contributed by atoms with Gasteiger partial charge in [-0.15, -0.1) is 0 Å². The maximum absolute atomic E-state index is 12.7. The van der Waals surface area contributed by atoms with Crippen LogP contribution in [0.1, 0.15) is 11.3 Å². The van der Waals surface area contributed by atoms with E-state index in [0.29, 0.717) is 17.9 Å². The molecule has 0 atom stereocenters. The van der Waals surface area contributed by atoms with E-state index in [2.05, 4.69) is 4.98 Å². The van der Waals surface area contributed by atoms with E-state index >= 15 is 0 Å². The van der Waals surface area contributed by atoms with Crippen molar-refractivity contribution in [3.05, 3.63) is 72.1 Å². The summed E-state index contributed by atoms with van der Waals surface area (Å²) in [6.45, 7) is 0.431. The van der Waals surface area contributed by atoms with E-state index in [1.807, 2.05) is 30.3 Å². The number of benzene rings is 2. The topological polar surface area (TPSA) is 27.1 Å². The first kappa shape index (κ1) is 16.1.